The smallest absolute Gasteiger partial charge is 0.266 e. The van der Waals surface area contributed by atoms with Gasteiger partial charge in [0.05, 0.1) is 11.5 Å². The van der Waals surface area contributed by atoms with Crippen LogP contribution in [-0.4, -0.2) is 15.0 Å². The number of fused-ring (bicyclic) bond motifs is 2. The normalized spacial score (nSPS) is 31.9. The van der Waals surface area contributed by atoms with Crippen molar-refractivity contribution in [1.82, 2.24) is 0 Å². The molecule has 20 heavy (non-hydrogen) atoms. The fraction of sp³-hybridized carbons (Fsp3) is 0.500. The van der Waals surface area contributed by atoms with Gasteiger partial charge in [0.25, 0.3) is 10.1 Å². The first-order chi connectivity index (χ1) is 9.39. The Labute approximate surface area is 120 Å². The maximum absolute atomic E-state index is 12.2. The Bertz CT molecular complexity index is 630. The largest absolute Gasteiger partial charge is 0.296 e. The van der Waals surface area contributed by atoms with Crippen molar-refractivity contribution < 1.29 is 12.6 Å². The minimum Gasteiger partial charge on any atom is -0.266 e. The van der Waals surface area contributed by atoms with Crippen molar-refractivity contribution in [1.29, 1.82) is 0 Å². The second kappa shape index (κ2) is 4.71. The molecular formula is C16H20O3S. The number of hydrogen-bond acceptors (Lipinski definition) is 3. The van der Waals surface area contributed by atoms with Crippen LogP contribution in [0.2, 0.25) is 0 Å². The predicted octanol–water partition coefficient (Wildman–Crippen LogP) is 3.30. The van der Waals surface area contributed by atoms with Crippen LogP contribution in [-0.2, 0) is 14.3 Å². The molecule has 0 amide bonds. The van der Waals surface area contributed by atoms with Gasteiger partial charge >= 0.3 is 0 Å². The molecule has 0 N–H and O–H groups in total. The molecule has 1 aromatic carbocycles. The van der Waals surface area contributed by atoms with E-state index in [4.69, 9.17) is 4.18 Å². The molecule has 3 unspecified atom stereocenters. The monoisotopic (exact) mass is 292 g/mol. The third-order valence-corrected chi connectivity index (χ3v) is 5.93. The molecule has 0 spiro atoms. The summed E-state index contributed by atoms with van der Waals surface area (Å²) in [4.78, 5) is 0.241. The topological polar surface area (TPSA) is 43.4 Å². The summed E-state index contributed by atoms with van der Waals surface area (Å²) in [6.07, 6.45) is 6.64. The Morgan fingerprint density at radius 2 is 1.95 bits per heavy atom. The van der Waals surface area contributed by atoms with Gasteiger partial charge in [-0.05, 0) is 49.1 Å². The molecule has 1 fully saturated rings. The number of benzene rings is 1. The molecule has 4 heteroatoms. The standard InChI is InChI=1S/C16H20O3S/c1-12-3-7-15(8-4-12)20(17,18)19-11-16(2)10-13-5-6-14(16)9-13/h3-8,13-14H,9-11H2,1-2H3. The van der Waals surface area contributed by atoms with Crippen LogP contribution in [0.1, 0.15) is 25.3 Å². The maximum Gasteiger partial charge on any atom is 0.296 e. The summed E-state index contributed by atoms with van der Waals surface area (Å²) in [5.74, 6) is 1.07. The first-order valence-corrected chi connectivity index (χ1v) is 8.44. The van der Waals surface area contributed by atoms with Crippen molar-refractivity contribution in [3.63, 3.8) is 0 Å². The van der Waals surface area contributed by atoms with Crippen molar-refractivity contribution >= 4 is 10.1 Å². The summed E-state index contributed by atoms with van der Waals surface area (Å²) >= 11 is 0. The van der Waals surface area contributed by atoms with Gasteiger partial charge in [-0.25, -0.2) is 0 Å². The van der Waals surface area contributed by atoms with Gasteiger partial charge in [0.15, 0.2) is 0 Å². The van der Waals surface area contributed by atoms with Crippen LogP contribution in [0.4, 0.5) is 0 Å². The molecule has 2 aliphatic rings. The minimum absolute atomic E-state index is 0.0445. The fourth-order valence-electron chi connectivity index (χ4n) is 3.34. The number of hydrogen-bond donors (Lipinski definition) is 0. The molecule has 2 aliphatic carbocycles. The second-order valence-electron chi connectivity index (χ2n) is 6.37. The summed E-state index contributed by atoms with van der Waals surface area (Å²) in [6, 6.07) is 6.79. The summed E-state index contributed by atoms with van der Waals surface area (Å²) in [7, 11) is -3.64. The molecule has 2 bridgehead atoms. The zero-order chi connectivity index (χ0) is 14.4. The fourth-order valence-corrected chi connectivity index (χ4v) is 4.37. The van der Waals surface area contributed by atoms with Gasteiger partial charge in [-0.15, -0.1) is 0 Å². The first kappa shape index (κ1) is 13.8. The van der Waals surface area contributed by atoms with E-state index < -0.39 is 10.1 Å². The molecule has 108 valence electrons. The van der Waals surface area contributed by atoms with E-state index in [2.05, 4.69) is 19.1 Å². The molecule has 3 atom stereocenters. The average Bonchev–Trinajstić information content (AvgIpc) is 2.98. The van der Waals surface area contributed by atoms with Crippen molar-refractivity contribution in [2.45, 2.75) is 31.6 Å². The second-order valence-corrected chi connectivity index (χ2v) is 7.99. The van der Waals surface area contributed by atoms with Gasteiger partial charge in [0.1, 0.15) is 0 Å². The van der Waals surface area contributed by atoms with Crippen LogP contribution in [0.25, 0.3) is 0 Å². The van der Waals surface area contributed by atoms with E-state index in [0.29, 0.717) is 11.8 Å². The van der Waals surface area contributed by atoms with E-state index in [0.717, 1.165) is 18.4 Å². The Morgan fingerprint density at radius 3 is 2.50 bits per heavy atom. The molecule has 1 saturated carbocycles. The lowest BCUT2D eigenvalue weighted by atomic mass is 9.78. The van der Waals surface area contributed by atoms with Crippen molar-refractivity contribution in [2.24, 2.45) is 17.3 Å². The number of aryl methyl sites for hydroxylation is 1. The minimum atomic E-state index is -3.64. The predicted molar refractivity (Wildman–Crippen MR) is 77.8 cm³/mol. The van der Waals surface area contributed by atoms with Gasteiger partial charge in [0.2, 0.25) is 0 Å². The molecule has 3 nitrogen and oxygen atoms in total. The molecule has 1 aromatic rings. The van der Waals surface area contributed by atoms with E-state index in [1.165, 1.54) is 0 Å². The Hall–Kier alpha value is -1.13. The lowest BCUT2D eigenvalue weighted by molar-refractivity contribution is 0.139. The Morgan fingerprint density at radius 1 is 1.25 bits per heavy atom. The van der Waals surface area contributed by atoms with E-state index in [1.54, 1.807) is 24.3 Å². The first-order valence-electron chi connectivity index (χ1n) is 7.03. The average molecular weight is 292 g/mol. The molecule has 0 saturated heterocycles. The van der Waals surface area contributed by atoms with E-state index in [1.807, 2.05) is 6.92 Å². The summed E-state index contributed by atoms with van der Waals surface area (Å²) in [6.45, 7) is 4.33. The highest BCUT2D eigenvalue weighted by Crippen LogP contribution is 2.52. The number of rotatable bonds is 4. The zero-order valence-corrected chi connectivity index (χ0v) is 12.7. The molecule has 0 aliphatic heterocycles. The van der Waals surface area contributed by atoms with Gasteiger partial charge in [0, 0.05) is 0 Å². The van der Waals surface area contributed by atoms with Crippen LogP contribution in [0.15, 0.2) is 41.3 Å². The summed E-state index contributed by atoms with van der Waals surface area (Å²) in [5.41, 5.74) is 0.992. The maximum atomic E-state index is 12.2. The molecule has 0 aromatic heterocycles. The van der Waals surface area contributed by atoms with Crippen LogP contribution in [0.5, 0.6) is 0 Å². The van der Waals surface area contributed by atoms with Crippen LogP contribution in [0.3, 0.4) is 0 Å². The molecule has 3 rings (SSSR count). The van der Waals surface area contributed by atoms with Crippen molar-refractivity contribution in [3.05, 3.63) is 42.0 Å². The van der Waals surface area contributed by atoms with Crippen LogP contribution in [0, 0.1) is 24.2 Å². The van der Waals surface area contributed by atoms with Gasteiger partial charge in [-0.2, -0.15) is 8.42 Å². The van der Waals surface area contributed by atoms with E-state index in [-0.39, 0.29) is 16.9 Å². The third kappa shape index (κ3) is 2.42. The van der Waals surface area contributed by atoms with Crippen LogP contribution >= 0.6 is 0 Å². The lowest BCUT2D eigenvalue weighted by Crippen LogP contribution is -2.29. The molecule has 0 radical (unpaired) electrons. The van der Waals surface area contributed by atoms with Crippen molar-refractivity contribution in [2.75, 3.05) is 6.61 Å². The number of allylic oxidation sites excluding steroid dienone is 2. The molecule has 0 heterocycles. The summed E-state index contributed by atoms with van der Waals surface area (Å²) in [5, 5.41) is 0. The quantitative estimate of drug-likeness (QED) is 0.631. The summed E-state index contributed by atoms with van der Waals surface area (Å²) < 4.78 is 29.8. The van der Waals surface area contributed by atoms with Gasteiger partial charge in [-0.3, -0.25) is 4.18 Å². The third-order valence-electron chi connectivity index (χ3n) is 4.65. The SMILES string of the molecule is Cc1ccc(S(=O)(=O)OCC2(C)CC3C=CC2C3)cc1. The molecular weight excluding hydrogens is 272 g/mol. The zero-order valence-electron chi connectivity index (χ0n) is 11.9. The highest BCUT2D eigenvalue weighted by atomic mass is 32.2. The van der Waals surface area contributed by atoms with E-state index >= 15 is 0 Å². The Kier molecular flexibility index (Phi) is 3.26. The van der Waals surface area contributed by atoms with Gasteiger partial charge in [-0.1, -0.05) is 36.8 Å². The van der Waals surface area contributed by atoms with Crippen molar-refractivity contribution in [3.8, 4) is 0 Å². The van der Waals surface area contributed by atoms with E-state index in [9.17, 15) is 8.42 Å². The lowest BCUT2D eigenvalue weighted by Gasteiger charge is -2.30. The highest BCUT2D eigenvalue weighted by Gasteiger charge is 2.45. The van der Waals surface area contributed by atoms with Gasteiger partial charge < -0.3 is 0 Å². The Balaban J connectivity index is 1.72. The highest BCUT2D eigenvalue weighted by molar-refractivity contribution is 7.86. The van der Waals surface area contributed by atoms with Crippen LogP contribution < -0.4 is 0 Å².